The number of hydrogen-bond donors (Lipinski definition) is 2. The molecule has 0 spiro atoms. The molecule has 178 valence electrons. The number of aromatic hydroxyl groups is 1. The van der Waals surface area contributed by atoms with Crippen LogP contribution < -0.4 is 4.74 Å². The molecule has 1 aliphatic carbocycles. The van der Waals surface area contributed by atoms with Gasteiger partial charge in [-0.15, -0.1) is 0 Å². The zero-order valence-corrected chi connectivity index (χ0v) is 19.3. The minimum Gasteiger partial charge on any atom is -0.507 e. The van der Waals surface area contributed by atoms with Gasteiger partial charge < -0.3 is 19.5 Å². The normalized spacial score (nSPS) is 16.1. The number of amides is 1. The molecule has 8 nitrogen and oxygen atoms in total. The van der Waals surface area contributed by atoms with Crippen molar-refractivity contribution in [1.82, 2.24) is 15.1 Å². The third-order valence-corrected chi connectivity index (χ3v) is 6.86. The van der Waals surface area contributed by atoms with Gasteiger partial charge in [-0.05, 0) is 42.2 Å². The minimum absolute atomic E-state index is 0.0182. The van der Waals surface area contributed by atoms with Crippen LogP contribution in [0, 0.1) is 5.92 Å². The fraction of sp³-hybridized carbons (Fsp3) is 0.423. The number of phenols is 1. The van der Waals surface area contributed by atoms with Gasteiger partial charge in [0.15, 0.2) is 5.78 Å². The maximum atomic E-state index is 13.4. The molecule has 2 N–H and O–H groups in total. The summed E-state index contributed by atoms with van der Waals surface area (Å²) in [5.41, 5.74) is 3.15. The van der Waals surface area contributed by atoms with Gasteiger partial charge in [-0.3, -0.25) is 14.7 Å². The molecule has 0 radical (unpaired) electrons. The Morgan fingerprint density at radius 3 is 2.68 bits per heavy atom. The quantitative estimate of drug-likeness (QED) is 0.402. The second-order valence-corrected chi connectivity index (χ2v) is 9.12. The fourth-order valence-electron chi connectivity index (χ4n) is 4.99. The predicted molar refractivity (Wildman–Crippen MR) is 126 cm³/mol. The highest BCUT2D eigenvalue weighted by Crippen LogP contribution is 2.33. The van der Waals surface area contributed by atoms with Crippen molar-refractivity contribution < 1.29 is 24.2 Å². The number of carbonyl (C=O) groups is 2. The molecular formula is C26H29N3O5. The molecule has 1 aromatic heterocycles. The Labute approximate surface area is 197 Å². The second kappa shape index (κ2) is 9.46. The maximum Gasteiger partial charge on any atom is 0.258 e. The Kier molecular flexibility index (Phi) is 6.24. The van der Waals surface area contributed by atoms with Crippen LogP contribution in [0.15, 0.2) is 30.3 Å². The molecular weight excluding hydrogens is 434 g/mol. The van der Waals surface area contributed by atoms with Gasteiger partial charge in [0.2, 0.25) is 0 Å². The summed E-state index contributed by atoms with van der Waals surface area (Å²) in [6.07, 6.45) is 5.02. The first-order valence-electron chi connectivity index (χ1n) is 11.8. The second-order valence-electron chi connectivity index (χ2n) is 9.12. The lowest BCUT2D eigenvalue weighted by Crippen LogP contribution is -2.25. The first-order chi connectivity index (χ1) is 16.5. The van der Waals surface area contributed by atoms with Gasteiger partial charge in [-0.25, -0.2) is 0 Å². The van der Waals surface area contributed by atoms with E-state index in [1.807, 2.05) is 18.2 Å². The molecule has 3 aromatic rings. The monoisotopic (exact) mass is 463 g/mol. The number of ketones is 1. The van der Waals surface area contributed by atoms with Gasteiger partial charge in [-0.2, -0.15) is 5.10 Å². The van der Waals surface area contributed by atoms with Crippen LogP contribution in [0.4, 0.5) is 0 Å². The molecule has 1 aliphatic heterocycles. The molecule has 1 saturated carbocycles. The van der Waals surface area contributed by atoms with Gasteiger partial charge in [0.05, 0.1) is 17.7 Å². The zero-order valence-electron chi connectivity index (χ0n) is 19.3. The third kappa shape index (κ3) is 4.25. The number of ether oxygens (including phenoxy) is 2. The molecule has 2 aliphatic rings. The Hall–Kier alpha value is -3.39. The van der Waals surface area contributed by atoms with Crippen molar-refractivity contribution in [2.24, 2.45) is 5.92 Å². The van der Waals surface area contributed by atoms with Gasteiger partial charge in [0.1, 0.15) is 23.8 Å². The van der Waals surface area contributed by atoms with Gasteiger partial charge >= 0.3 is 0 Å². The lowest BCUT2D eigenvalue weighted by Gasteiger charge is -2.19. The summed E-state index contributed by atoms with van der Waals surface area (Å²) in [4.78, 5) is 28.2. The van der Waals surface area contributed by atoms with Gasteiger partial charge in [0, 0.05) is 37.6 Å². The van der Waals surface area contributed by atoms with E-state index in [-0.39, 0.29) is 28.9 Å². The van der Waals surface area contributed by atoms with E-state index in [4.69, 9.17) is 9.47 Å². The zero-order chi connectivity index (χ0) is 23.7. The van der Waals surface area contributed by atoms with Crippen molar-refractivity contribution in [1.29, 1.82) is 0 Å². The van der Waals surface area contributed by atoms with E-state index in [0.717, 1.165) is 49.0 Å². The van der Waals surface area contributed by atoms with E-state index in [0.29, 0.717) is 42.9 Å². The molecule has 1 amide bonds. The van der Waals surface area contributed by atoms with Crippen LogP contribution in [0.3, 0.4) is 0 Å². The number of H-pyrrole nitrogens is 1. The fourth-order valence-corrected chi connectivity index (χ4v) is 4.99. The summed E-state index contributed by atoms with van der Waals surface area (Å²) >= 11 is 0. The number of Topliss-reactive ketones (excluding diaryl/α,β-unsaturated/α-hetero) is 1. The van der Waals surface area contributed by atoms with Crippen molar-refractivity contribution in [2.75, 3.05) is 20.3 Å². The van der Waals surface area contributed by atoms with Crippen molar-refractivity contribution >= 4 is 22.6 Å². The minimum atomic E-state index is -0.283. The van der Waals surface area contributed by atoms with Gasteiger partial charge in [-0.1, -0.05) is 25.3 Å². The SMILES string of the molecule is COCCOc1ccc2c(c1)CN(C(=O)c1cc3c(C(=O)C4CCCCC4)n[nH]c3cc1O)C2. The van der Waals surface area contributed by atoms with Crippen LogP contribution >= 0.6 is 0 Å². The van der Waals surface area contributed by atoms with Crippen LogP contribution in [-0.4, -0.2) is 52.2 Å². The van der Waals surface area contributed by atoms with Crippen molar-refractivity contribution in [3.63, 3.8) is 0 Å². The van der Waals surface area contributed by atoms with Crippen molar-refractivity contribution in [3.05, 3.63) is 52.7 Å². The average molecular weight is 464 g/mol. The highest BCUT2D eigenvalue weighted by molar-refractivity contribution is 6.10. The molecule has 0 unspecified atom stereocenters. The standard InChI is InChI=1S/C26H29N3O5/c1-33-9-10-34-19-8-7-17-14-29(15-18(17)11-19)26(32)21-12-20-22(13-23(21)30)27-28-24(20)25(31)16-5-3-2-4-6-16/h7-8,11-13,16,30H,2-6,9-10,14-15H2,1H3,(H,27,28). The van der Waals surface area contributed by atoms with E-state index < -0.39 is 0 Å². The summed E-state index contributed by atoms with van der Waals surface area (Å²) in [6, 6.07) is 8.89. The number of benzene rings is 2. The maximum absolute atomic E-state index is 13.4. The molecule has 1 fully saturated rings. The number of aromatic amines is 1. The molecule has 8 heteroatoms. The average Bonchev–Trinajstić information content (AvgIpc) is 3.47. The molecule has 2 heterocycles. The molecule has 34 heavy (non-hydrogen) atoms. The summed E-state index contributed by atoms with van der Waals surface area (Å²) in [5, 5.41) is 18.3. The largest absolute Gasteiger partial charge is 0.507 e. The van der Waals surface area contributed by atoms with E-state index in [1.165, 1.54) is 6.07 Å². The first-order valence-corrected chi connectivity index (χ1v) is 11.8. The summed E-state index contributed by atoms with van der Waals surface area (Å²) in [5.74, 6) is 0.317. The highest BCUT2D eigenvalue weighted by Gasteiger charge is 2.29. The third-order valence-electron chi connectivity index (χ3n) is 6.86. The summed E-state index contributed by atoms with van der Waals surface area (Å²) in [7, 11) is 1.63. The molecule has 0 saturated heterocycles. The number of carbonyl (C=O) groups excluding carboxylic acids is 2. The number of nitrogens with zero attached hydrogens (tertiary/aromatic N) is 2. The van der Waals surface area contributed by atoms with Crippen LogP contribution in [0.1, 0.15) is 64.1 Å². The molecule has 5 rings (SSSR count). The van der Waals surface area contributed by atoms with Crippen LogP contribution in [-0.2, 0) is 17.8 Å². The Balaban J connectivity index is 1.37. The number of phenolic OH excluding ortho intramolecular Hbond substituents is 1. The lowest BCUT2D eigenvalue weighted by atomic mass is 9.84. The number of rotatable bonds is 7. The lowest BCUT2D eigenvalue weighted by molar-refractivity contribution is 0.0748. The number of fused-ring (bicyclic) bond motifs is 2. The molecule has 0 bridgehead atoms. The van der Waals surface area contributed by atoms with Crippen molar-refractivity contribution in [3.8, 4) is 11.5 Å². The predicted octanol–water partition coefficient (Wildman–Crippen LogP) is 4.21. The van der Waals surface area contributed by atoms with Crippen molar-refractivity contribution in [2.45, 2.75) is 45.2 Å². The van der Waals surface area contributed by atoms with Crippen LogP contribution in [0.5, 0.6) is 11.5 Å². The molecule has 0 atom stereocenters. The smallest absolute Gasteiger partial charge is 0.258 e. The number of methoxy groups -OCH3 is 1. The van der Waals surface area contributed by atoms with Gasteiger partial charge in [0.25, 0.3) is 5.91 Å². The van der Waals surface area contributed by atoms with Crippen LogP contribution in [0.2, 0.25) is 0 Å². The summed E-state index contributed by atoms with van der Waals surface area (Å²) in [6.45, 7) is 1.83. The van der Waals surface area contributed by atoms with E-state index in [2.05, 4.69) is 10.2 Å². The molecule has 2 aromatic carbocycles. The highest BCUT2D eigenvalue weighted by atomic mass is 16.5. The van der Waals surface area contributed by atoms with E-state index >= 15 is 0 Å². The Morgan fingerprint density at radius 2 is 1.88 bits per heavy atom. The first kappa shape index (κ1) is 22.4. The van der Waals surface area contributed by atoms with E-state index in [1.54, 1.807) is 18.1 Å². The number of aromatic nitrogens is 2. The van der Waals surface area contributed by atoms with E-state index in [9.17, 15) is 14.7 Å². The number of hydrogen-bond acceptors (Lipinski definition) is 6. The Morgan fingerprint density at radius 1 is 1.09 bits per heavy atom. The topological polar surface area (TPSA) is 105 Å². The van der Waals surface area contributed by atoms with Crippen LogP contribution in [0.25, 0.3) is 10.9 Å². The summed E-state index contributed by atoms with van der Waals surface area (Å²) < 4.78 is 10.7. The Bertz CT molecular complexity index is 1230. The number of nitrogens with one attached hydrogen (secondary N) is 1.